The Labute approximate surface area is 141 Å². The van der Waals surface area contributed by atoms with Crippen LogP contribution in [0.15, 0.2) is 57.7 Å². The van der Waals surface area contributed by atoms with Crippen molar-refractivity contribution >= 4 is 28.6 Å². The molecule has 0 radical (unpaired) electrons. The molecule has 0 aliphatic carbocycles. The van der Waals surface area contributed by atoms with Crippen molar-refractivity contribution in [2.24, 2.45) is 0 Å². The molecular weight excluding hydrogens is 326 g/mol. The summed E-state index contributed by atoms with van der Waals surface area (Å²) >= 11 is 0. The number of benzene rings is 2. The van der Waals surface area contributed by atoms with E-state index in [2.05, 4.69) is 15.6 Å². The van der Waals surface area contributed by atoms with E-state index in [1.54, 1.807) is 42.5 Å². The summed E-state index contributed by atoms with van der Waals surface area (Å²) in [6.07, 6.45) is 0. The number of para-hydroxylation sites is 1. The van der Waals surface area contributed by atoms with Crippen LogP contribution in [0.4, 0.5) is 5.69 Å². The number of carbonyl (C=O) groups is 2. The van der Waals surface area contributed by atoms with Crippen LogP contribution in [0.1, 0.15) is 0 Å². The summed E-state index contributed by atoms with van der Waals surface area (Å²) in [7, 11) is 0. The average Bonchev–Trinajstić information content (AvgIpc) is 2.98. The van der Waals surface area contributed by atoms with E-state index in [-0.39, 0.29) is 13.2 Å². The van der Waals surface area contributed by atoms with Crippen molar-refractivity contribution in [2.45, 2.75) is 0 Å². The zero-order valence-electron chi connectivity index (χ0n) is 13.1. The van der Waals surface area contributed by atoms with Gasteiger partial charge in [-0.3, -0.25) is 14.6 Å². The third-order valence-electron chi connectivity index (χ3n) is 3.26. The summed E-state index contributed by atoms with van der Waals surface area (Å²) in [6, 6.07) is 13.6. The van der Waals surface area contributed by atoms with E-state index in [9.17, 15) is 14.4 Å². The highest BCUT2D eigenvalue weighted by molar-refractivity contribution is 5.96. The zero-order chi connectivity index (χ0) is 17.6. The van der Waals surface area contributed by atoms with Gasteiger partial charge in [-0.25, -0.2) is 4.79 Å². The number of fused-ring (bicyclic) bond motifs is 1. The maximum Gasteiger partial charge on any atom is 0.417 e. The first-order valence-electron chi connectivity index (χ1n) is 7.47. The predicted molar refractivity (Wildman–Crippen MR) is 90.4 cm³/mol. The number of oxazole rings is 1. The molecule has 128 valence electrons. The van der Waals surface area contributed by atoms with Gasteiger partial charge in [-0.15, -0.1) is 0 Å². The van der Waals surface area contributed by atoms with Crippen LogP contribution in [0.25, 0.3) is 11.1 Å². The molecule has 2 aromatic carbocycles. The van der Waals surface area contributed by atoms with E-state index in [0.717, 1.165) is 0 Å². The highest BCUT2D eigenvalue weighted by atomic mass is 16.5. The lowest BCUT2D eigenvalue weighted by Crippen LogP contribution is -2.35. The molecule has 0 saturated heterocycles. The Morgan fingerprint density at radius 2 is 1.88 bits per heavy atom. The molecule has 0 unspecified atom stereocenters. The first-order chi connectivity index (χ1) is 12.1. The van der Waals surface area contributed by atoms with Gasteiger partial charge in [0.05, 0.1) is 12.1 Å². The van der Waals surface area contributed by atoms with Gasteiger partial charge >= 0.3 is 5.76 Å². The number of hydrogen-bond donors (Lipinski definition) is 3. The number of rotatable bonds is 6. The Kier molecular flexibility index (Phi) is 4.79. The normalized spacial score (nSPS) is 10.4. The number of aromatic nitrogens is 1. The van der Waals surface area contributed by atoms with Gasteiger partial charge in [-0.05, 0) is 30.3 Å². The van der Waals surface area contributed by atoms with Crippen LogP contribution in [0.3, 0.4) is 0 Å². The lowest BCUT2D eigenvalue weighted by atomic mass is 10.3. The standard InChI is InChI=1S/C17H15N3O5/c21-15(9-18-16(22)10-24-12-4-2-1-3-5-12)19-11-6-7-14-13(8-11)20-17(23)25-14/h1-8H,9-10H2,(H,18,22)(H,19,21)(H,20,23). The van der Waals surface area contributed by atoms with Crippen LogP contribution < -0.4 is 21.1 Å². The third-order valence-corrected chi connectivity index (χ3v) is 3.26. The van der Waals surface area contributed by atoms with Crippen molar-refractivity contribution in [3.63, 3.8) is 0 Å². The van der Waals surface area contributed by atoms with E-state index in [4.69, 9.17) is 9.15 Å². The van der Waals surface area contributed by atoms with Gasteiger partial charge in [-0.1, -0.05) is 18.2 Å². The average molecular weight is 341 g/mol. The molecule has 3 rings (SSSR count). The minimum Gasteiger partial charge on any atom is -0.484 e. The molecular formula is C17H15N3O5. The fourth-order valence-corrected chi connectivity index (χ4v) is 2.13. The third kappa shape index (κ3) is 4.47. The topological polar surface area (TPSA) is 113 Å². The minimum atomic E-state index is -0.566. The largest absolute Gasteiger partial charge is 0.484 e. The second-order valence-electron chi connectivity index (χ2n) is 5.15. The number of H-pyrrole nitrogens is 1. The monoisotopic (exact) mass is 341 g/mol. The molecule has 0 aliphatic rings. The zero-order valence-corrected chi connectivity index (χ0v) is 13.1. The van der Waals surface area contributed by atoms with Gasteiger partial charge in [0, 0.05) is 5.69 Å². The van der Waals surface area contributed by atoms with Crippen molar-refractivity contribution < 1.29 is 18.7 Å². The molecule has 0 aliphatic heterocycles. The Bertz CT molecular complexity index is 946. The molecule has 0 spiro atoms. The minimum absolute atomic E-state index is 0.181. The first-order valence-corrected chi connectivity index (χ1v) is 7.47. The summed E-state index contributed by atoms with van der Waals surface area (Å²) in [5.74, 6) is -0.805. The molecule has 0 fully saturated rings. The molecule has 8 nitrogen and oxygen atoms in total. The van der Waals surface area contributed by atoms with E-state index in [1.807, 2.05) is 6.07 Å². The van der Waals surface area contributed by atoms with E-state index >= 15 is 0 Å². The van der Waals surface area contributed by atoms with Gasteiger partial charge in [0.25, 0.3) is 5.91 Å². The highest BCUT2D eigenvalue weighted by Crippen LogP contribution is 2.15. The molecule has 1 heterocycles. The van der Waals surface area contributed by atoms with Crippen LogP contribution in [0, 0.1) is 0 Å². The summed E-state index contributed by atoms with van der Waals surface area (Å²) in [4.78, 5) is 37.1. The first kappa shape index (κ1) is 16.3. The van der Waals surface area contributed by atoms with E-state index in [0.29, 0.717) is 22.5 Å². The Hall–Kier alpha value is -3.55. The van der Waals surface area contributed by atoms with Crippen molar-refractivity contribution in [1.29, 1.82) is 0 Å². The molecule has 2 amide bonds. The van der Waals surface area contributed by atoms with Gasteiger partial charge in [0.1, 0.15) is 5.75 Å². The molecule has 3 aromatic rings. The maximum atomic E-state index is 11.9. The fraction of sp³-hybridized carbons (Fsp3) is 0.118. The summed E-state index contributed by atoms with van der Waals surface area (Å²) < 4.78 is 10.2. The Balaban J connectivity index is 1.46. The number of carbonyl (C=O) groups excluding carboxylic acids is 2. The molecule has 0 bridgehead atoms. The lowest BCUT2D eigenvalue weighted by molar-refractivity contribution is -0.125. The van der Waals surface area contributed by atoms with Gasteiger partial charge in [0.15, 0.2) is 12.2 Å². The number of anilines is 1. The Morgan fingerprint density at radius 3 is 2.68 bits per heavy atom. The number of nitrogens with one attached hydrogen (secondary N) is 3. The summed E-state index contributed by atoms with van der Waals surface area (Å²) in [5, 5.41) is 5.08. The second kappa shape index (κ2) is 7.35. The van der Waals surface area contributed by atoms with Crippen LogP contribution in [0.2, 0.25) is 0 Å². The van der Waals surface area contributed by atoms with E-state index in [1.165, 1.54) is 0 Å². The predicted octanol–water partition coefficient (Wildman–Crippen LogP) is 1.25. The fourth-order valence-electron chi connectivity index (χ4n) is 2.13. The van der Waals surface area contributed by atoms with Crippen molar-refractivity contribution in [3.8, 4) is 5.75 Å². The number of amides is 2. The van der Waals surface area contributed by atoms with Crippen LogP contribution in [0.5, 0.6) is 5.75 Å². The second-order valence-corrected chi connectivity index (χ2v) is 5.15. The smallest absolute Gasteiger partial charge is 0.417 e. The molecule has 0 saturated carbocycles. The van der Waals surface area contributed by atoms with E-state index < -0.39 is 17.6 Å². The van der Waals surface area contributed by atoms with Gasteiger partial charge in [0.2, 0.25) is 5.91 Å². The molecule has 8 heteroatoms. The van der Waals surface area contributed by atoms with Gasteiger partial charge < -0.3 is 19.8 Å². The van der Waals surface area contributed by atoms with Crippen LogP contribution in [-0.2, 0) is 9.59 Å². The quantitative estimate of drug-likeness (QED) is 0.624. The van der Waals surface area contributed by atoms with Crippen LogP contribution in [-0.4, -0.2) is 29.9 Å². The molecule has 3 N–H and O–H groups in total. The SMILES string of the molecule is O=C(COc1ccccc1)NCC(=O)Nc1ccc2oc(=O)[nH]c2c1. The highest BCUT2D eigenvalue weighted by Gasteiger charge is 2.08. The number of ether oxygens (including phenoxy) is 1. The molecule has 1 aromatic heterocycles. The number of aromatic amines is 1. The number of hydrogen-bond acceptors (Lipinski definition) is 5. The lowest BCUT2D eigenvalue weighted by Gasteiger charge is -2.08. The Morgan fingerprint density at radius 1 is 1.08 bits per heavy atom. The molecule has 0 atom stereocenters. The van der Waals surface area contributed by atoms with Crippen molar-refractivity contribution in [2.75, 3.05) is 18.5 Å². The maximum absolute atomic E-state index is 11.9. The summed E-state index contributed by atoms with van der Waals surface area (Å²) in [5.41, 5.74) is 1.35. The van der Waals surface area contributed by atoms with Crippen LogP contribution >= 0.6 is 0 Å². The molecule has 25 heavy (non-hydrogen) atoms. The van der Waals surface area contributed by atoms with Gasteiger partial charge in [-0.2, -0.15) is 0 Å². The van der Waals surface area contributed by atoms with Crippen molar-refractivity contribution in [3.05, 3.63) is 59.1 Å². The summed E-state index contributed by atoms with van der Waals surface area (Å²) in [6.45, 7) is -0.379. The van der Waals surface area contributed by atoms with Crippen molar-refractivity contribution in [1.82, 2.24) is 10.3 Å².